The van der Waals surface area contributed by atoms with Gasteiger partial charge in [-0.15, -0.1) is 20.4 Å². The normalized spacial score (nSPS) is 16.9. The fourth-order valence-electron chi connectivity index (χ4n) is 5.84. The highest BCUT2D eigenvalue weighted by Crippen LogP contribution is 2.30. The van der Waals surface area contributed by atoms with Crippen LogP contribution in [0.5, 0.6) is 0 Å². The summed E-state index contributed by atoms with van der Waals surface area (Å²) in [7, 11) is 0. The summed E-state index contributed by atoms with van der Waals surface area (Å²) in [6.07, 6.45) is 7.73. The minimum atomic E-state index is -0.697. The number of carbonyl (C=O) groups is 4. The van der Waals surface area contributed by atoms with Crippen molar-refractivity contribution >= 4 is 68.7 Å². The van der Waals surface area contributed by atoms with Crippen LogP contribution >= 0.6 is 34.4 Å². The van der Waals surface area contributed by atoms with Gasteiger partial charge in [0.25, 0.3) is 0 Å². The number of hydrogen-bond donors (Lipinski definition) is 4. The van der Waals surface area contributed by atoms with Crippen molar-refractivity contribution in [1.82, 2.24) is 31.0 Å². The van der Waals surface area contributed by atoms with E-state index in [0.29, 0.717) is 23.1 Å². The molecule has 2 heterocycles. The van der Waals surface area contributed by atoms with E-state index in [9.17, 15) is 19.2 Å². The van der Waals surface area contributed by atoms with Gasteiger partial charge in [-0.05, 0) is 90.6 Å². The predicted molar refractivity (Wildman–Crippen MR) is 192 cm³/mol. The summed E-state index contributed by atoms with van der Waals surface area (Å²) in [6, 6.07) is -1.39. The first kappa shape index (κ1) is 38.7. The molecule has 0 aliphatic heterocycles. The van der Waals surface area contributed by atoms with Crippen LogP contribution in [0.1, 0.15) is 103 Å². The Morgan fingerprint density at radius 2 is 1.04 bits per heavy atom. The molecule has 2 unspecified atom stereocenters. The molecule has 0 radical (unpaired) electrons. The highest BCUT2D eigenvalue weighted by molar-refractivity contribution is 7.99. The van der Waals surface area contributed by atoms with Crippen molar-refractivity contribution in [3.8, 4) is 0 Å². The average Bonchev–Trinajstić information content (AvgIpc) is 3.82. The zero-order valence-electron chi connectivity index (χ0n) is 29.3. The molecular formula is C32H50N8O6S3. The topological polar surface area (TPSA) is 186 Å². The van der Waals surface area contributed by atoms with E-state index in [1.54, 1.807) is 53.3 Å². The molecule has 2 aromatic rings. The third-order valence-electron chi connectivity index (χ3n) is 7.97. The van der Waals surface area contributed by atoms with Crippen LogP contribution in [-0.4, -0.2) is 79.2 Å². The number of ether oxygens (including phenoxy) is 2. The van der Waals surface area contributed by atoms with Crippen LogP contribution < -0.4 is 21.3 Å². The standard InChI is InChI=1S/C32H50N8O6S3/c1-31(2,3)45-29(43)33-23(19-11-7-8-12-19)25(41)35-27-39-37-21(48-27)15-17-47-18-16-22-38-40-28(49-22)36-26(42)24(20-13-9-10-14-20)34-30(44)46-32(4,5)6/h19-20,23-24H,7-18H2,1-6H3,(H,33,43)(H,34,44)(H,35,39,41)(H,36,40,42). The monoisotopic (exact) mass is 738 g/mol. The summed E-state index contributed by atoms with van der Waals surface area (Å²) in [5, 5.41) is 30.4. The van der Waals surface area contributed by atoms with Crippen molar-refractivity contribution < 1.29 is 28.7 Å². The maximum Gasteiger partial charge on any atom is 0.408 e. The van der Waals surface area contributed by atoms with Gasteiger partial charge in [-0.3, -0.25) is 20.2 Å². The second-order valence-electron chi connectivity index (χ2n) is 14.4. The van der Waals surface area contributed by atoms with E-state index in [-0.39, 0.29) is 23.7 Å². The highest BCUT2D eigenvalue weighted by Gasteiger charge is 2.35. The first-order valence-electron chi connectivity index (χ1n) is 17.0. The molecule has 4 N–H and O–H groups in total. The van der Waals surface area contributed by atoms with E-state index in [1.807, 2.05) is 0 Å². The van der Waals surface area contributed by atoms with Gasteiger partial charge in [0.1, 0.15) is 33.3 Å². The van der Waals surface area contributed by atoms with Gasteiger partial charge < -0.3 is 20.1 Å². The van der Waals surface area contributed by atoms with Gasteiger partial charge >= 0.3 is 12.2 Å². The highest BCUT2D eigenvalue weighted by atomic mass is 32.2. The van der Waals surface area contributed by atoms with Gasteiger partial charge in [0.2, 0.25) is 22.1 Å². The molecule has 272 valence electrons. The van der Waals surface area contributed by atoms with Gasteiger partial charge in [0.15, 0.2) is 0 Å². The lowest BCUT2D eigenvalue weighted by molar-refractivity contribution is -0.120. The molecule has 4 amide bonds. The second kappa shape index (κ2) is 17.7. The molecule has 0 spiro atoms. The van der Waals surface area contributed by atoms with E-state index in [2.05, 4.69) is 41.7 Å². The third kappa shape index (κ3) is 13.3. The van der Waals surface area contributed by atoms with Crippen LogP contribution in [0.4, 0.5) is 19.9 Å². The Morgan fingerprint density at radius 1 is 0.673 bits per heavy atom. The Bertz CT molecular complexity index is 1310. The molecule has 2 aliphatic rings. The minimum absolute atomic E-state index is 0.0479. The zero-order chi connectivity index (χ0) is 35.6. The average molecular weight is 739 g/mol. The number of nitrogens with one attached hydrogen (secondary N) is 4. The SMILES string of the molecule is CC(C)(C)OC(=O)NC(C(=O)Nc1nnc(CCSCCc2nnc(NC(=O)C(NC(=O)OC(C)(C)C)C3CCCC3)s2)s1)C1CCCC1. The van der Waals surface area contributed by atoms with Gasteiger partial charge in [0, 0.05) is 12.8 Å². The van der Waals surface area contributed by atoms with Crippen LogP contribution in [0.15, 0.2) is 0 Å². The zero-order valence-corrected chi connectivity index (χ0v) is 31.7. The van der Waals surface area contributed by atoms with Crippen LogP contribution in [0.25, 0.3) is 0 Å². The van der Waals surface area contributed by atoms with Crippen molar-refractivity contribution in [2.45, 2.75) is 129 Å². The van der Waals surface area contributed by atoms with E-state index >= 15 is 0 Å². The number of hydrogen-bond acceptors (Lipinski definition) is 13. The Balaban J connectivity index is 1.19. The largest absolute Gasteiger partial charge is 0.444 e. The van der Waals surface area contributed by atoms with E-state index in [4.69, 9.17) is 9.47 Å². The molecule has 2 saturated carbocycles. The van der Waals surface area contributed by atoms with Gasteiger partial charge in [0.05, 0.1) is 0 Å². The van der Waals surface area contributed by atoms with Crippen LogP contribution in [0.3, 0.4) is 0 Å². The first-order chi connectivity index (χ1) is 23.1. The van der Waals surface area contributed by atoms with Crippen LogP contribution in [0.2, 0.25) is 0 Å². The molecule has 14 nitrogen and oxygen atoms in total. The van der Waals surface area contributed by atoms with Crippen LogP contribution in [-0.2, 0) is 31.9 Å². The van der Waals surface area contributed by atoms with Gasteiger partial charge in [-0.25, -0.2) is 9.59 Å². The number of aromatic nitrogens is 4. The number of carbonyl (C=O) groups excluding carboxylic acids is 4. The summed E-state index contributed by atoms with van der Waals surface area (Å²) in [5.41, 5.74) is -1.32. The van der Waals surface area contributed by atoms with Crippen molar-refractivity contribution in [3.63, 3.8) is 0 Å². The predicted octanol–water partition coefficient (Wildman–Crippen LogP) is 5.95. The maximum absolute atomic E-state index is 13.2. The number of alkyl carbamates (subject to hydrolysis) is 2. The fourth-order valence-corrected chi connectivity index (χ4v) is 8.47. The molecule has 2 aromatic heterocycles. The van der Waals surface area contributed by atoms with Gasteiger partial charge in [-0.2, -0.15) is 11.8 Å². The Labute approximate surface area is 300 Å². The molecule has 2 fully saturated rings. The number of anilines is 2. The lowest BCUT2D eigenvalue weighted by Crippen LogP contribution is -2.49. The molecule has 17 heteroatoms. The summed E-state index contributed by atoms with van der Waals surface area (Å²) in [4.78, 5) is 51.3. The summed E-state index contributed by atoms with van der Waals surface area (Å²) in [5.74, 6) is 1.08. The molecule has 4 rings (SSSR count). The number of nitrogens with zero attached hydrogens (tertiary/aromatic N) is 4. The van der Waals surface area contributed by atoms with E-state index in [0.717, 1.165) is 72.9 Å². The number of amides is 4. The lowest BCUT2D eigenvalue weighted by Gasteiger charge is -2.26. The second-order valence-corrected chi connectivity index (χ2v) is 17.8. The summed E-state index contributed by atoms with van der Waals surface area (Å²) in [6.45, 7) is 10.7. The molecule has 0 aromatic carbocycles. The van der Waals surface area contributed by atoms with Crippen molar-refractivity contribution in [1.29, 1.82) is 0 Å². The van der Waals surface area contributed by atoms with Crippen LogP contribution in [0, 0.1) is 11.8 Å². The number of aryl methyl sites for hydroxylation is 2. The molecular weight excluding hydrogens is 689 g/mol. The molecule has 49 heavy (non-hydrogen) atoms. The number of rotatable bonds is 14. The van der Waals surface area contributed by atoms with Crippen molar-refractivity contribution in [2.24, 2.45) is 11.8 Å². The Hall–Kier alpha value is -3.05. The quantitative estimate of drug-likeness (QED) is 0.168. The molecule has 0 saturated heterocycles. The lowest BCUT2D eigenvalue weighted by atomic mass is 9.97. The number of thioether (sulfide) groups is 1. The molecule has 0 bridgehead atoms. The van der Waals surface area contributed by atoms with E-state index in [1.165, 1.54) is 22.7 Å². The van der Waals surface area contributed by atoms with Crippen molar-refractivity contribution in [3.05, 3.63) is 10.0 Å². The fraction of sp³-hybridized carbons (Fsp3) is 0.750. The van der Waals surface area contributed by atoms with E-state index < -0.39 is 35.5 Å². The Kier molecular flexibility index (Phi) is 14.0. The molecule has 2 aliphatic carbocycles. The maximum atomic E-state index is 13.2. The Morgan fingerprint density at radius 3 is 1.39 bits per heavy atom. The van der Waals surface area contributed by atoms with Crippen molar-refractivity contribution in [2.75, 3.05) is 22.1 Å². The minimum Gasteiger partial charge on any atom is -0.444 e. The smallest absolute Gasteiger partial charge is 0.408 e. The summed E-state index contributed by atoms with van der Waals surface area (Å²) < 4.78 is 10.8. The van der Waals surface area contributed by atoms with Gasteiger partial charge in [-0.1, -0.05) is 48.4 Å². The molecule has 2 atom stereocenters. The summed E-state index contributed by atoms with van der Waals surface area (Å²) >= 11 is 4.38. The third-order valence-corrected chi connectivity index (χ3v) is 10.7. The first-order valence-corrected chi connectivity index (χ1v) is 19.8.